The Hall–Kier alpha value is -1.32. The van der Waals surface area contributed by atoms with Gasteiger partial charge in [-0.05, 0) is 43.3 Å². The van der Waals surface area contributed by atoms with Gasteiger partial charge in [0.05, 0.1) is 5.71 Å². The second-order valence-corrected chi connectivity index (χ2v) is 5.51. The van der Waals surface area contributed by atoms with E-state index in [1.54, 1.807) is 0 Å². The fourth-order valence-electron chi connectivity index (χ4n) is 2.02. The summed E-state index contributed by atoms with van der Waals surface area (Å²) in [5.41, 5.74) is 2.08. The predicted octanol–water partition coefficient (Wildman–Crippen LogP) is 4.87. The van der Waals surface area contributed by atoms with Crippen molar-refractivity contribution in [2.75, 3.05) is 26.2 Å². The van der Waals surface area contributed by atoms with Crippen LogP contribution < -0.4 is 0 Å². The number of hydrogen-bond acceptors (Lipinski definition) is 3. The molecule has 0 amide bonds. The summed E-state index contributed by atoms with van der Waals surface area (Å²) in [6.07, 6.45) is 6.02. The molecule has 0 N–H and O–H groups in total. The van der Waals surface area contributed by atoms with Gasteiger partial charge in [-0.2, -0.15) is 0 Å². The normalized spacial score (nSPS) is 12.3. The molecule has 0 bridgehead atoms. The monoisotopic (exact) mass is 322 g/mol. The van der Waals surface area contributed by atoms with Crippen molar-refractivity contribution in [3.63, 3.8) is 0 Å². The highest BCUT2D eigenvalue weighted by molar-refractivity contribution is 6.30. The number of benzene rings is 1. The fraction of sp³-hybridized carbons (Fsp3) is 0.500. The van der Waals surface area contributed by atoms with E-state index >= 15 is 0 Å². The summed E-state index contributed by atoms with van der Waals surface area (Å²) >= 11 is 5.89. The lowest BCUT2D eigenvalue weighted by molar-refractivity contribution is 0.114. The number of oxime groups is 1. The van der Waals surface area contributed by atoms with Gasteiger partial charge in [0, 0.05) is 11.6 Å². The first-order valence-electron chi connectivity index (χ1n) is 8.04. The maximum atomic E-state index is 5.89. The van der Waals surface area contributed by atoms with Crippen LogP contribution in [0.2, 0.25) is 5.02 Å². The van der Waals surface area contributed by atoms with Crippen LogP contribution in [0.4, 0.5) is 0 Å². The summed E-state index contributed by atoms with van der Waals surface area (Å²) in [5.74, 6) is 0. The van der Waals surface area contributed by atoms with Gasteiger partial charge in [0.1, 0.15) is 6.61 Å². The fourth-order valence-corrected chi connectivity index (χ4v) is 2.15. The lowest BCUT2D eigenvalue weighted by atomic mass is 10.1. The van der Waals surface area contributed by atoms with E-state index in [-0.39, 0.29) is 0 Å². The maximum absolute atomic E-state index is 5.89. The van der Waals surface area contributed by atoms with E-state index in [2.05, 4.69) is 30.8 Å². The molecule has 0 saturated carbocycles. The number of nitrogens with zero attached hydrogens (tertiary/aromatic N) is 2. The Labute approximate surface area is 139 Å². The van der Waals surface area contributed by atoms with Crippen LogP contribution in [-0.4, -0.2) is 36.9 Å². The van der Waals surface area contributed by atoms with Crippen molar-refractivity contribution in [2.24, 2.45) is 5.16 Å². The number of likely N-dealkylation sites (N-methyl/N-ethyl adjacent to an activating group) is 1. The Balaban J connectivity index is 2.52. The summed E-state index contributed by atoms with van der Waals surface area (Å²) in [7, 11) is 0. The second-order valence-electron chi connectivity index (χ2n) is 5.08. The first-order chi connectivity index (χ1) is 10.7. The van der Waals surface area contributed by atoms with Gasteiger partial charge in [0.2, 0.25) is 0 Å². The molecule has 0 saturated heterocycles. The quantitative estimate of drug-likeness (QED) is 0.349. The highest BCUT2D eigenvalue weighted by Crippen LogP contribution is 2.11. The summed E-state index contributed by atoms with van der Waals surface area (Å²) < 4.78 is 0. The Morgan fingerprint density at radius 3 is 2.45 bits per heavy atom. The molecule has 1 rings (SSSR count). The summed E-state index contributed by atoms with van der Waals surface area (Å²) in [5, 5.41) is 5.01. The van der Waals surface area contributed by atoms with Crippen molar-refractivity contribution >= 4 is 23.4 Å². The minimum Gasteiger partial charge on any atom is -0.394 e. The minimum absolute atomic E-state index is 0.629. The molecule has 0 radical (unpaired) electrons. The topological polar surface area (TPSA) is 24.8 Å². The largest absolute Gasteiger partial charge is 0.394 e. The van der Waals surface area contributed by atoms with E-state index in [4.69, 9.17) is 16.4 Å². The molecule has 0 aromatic heterocycles. The molecule has 0 atom stereocenters. The number of hydrogen-bond donors (Lipinski definition) is 0. The number of halogens is 1. The molecule has 0 fully saturated rings. The van der Waals surface area contributed by atoms with Crippen LogP contribution in [0.5, 0.6) is 0 Å². The van der Waals surface area contributed by atoms with Crippen LogP contribution in [0.1, 0.15) is 39.2 Å². The molecular weight excluding hydrogens is 296 g/mol. The molecule has 3 nitrogen and oxygen atoms in total. The summed E-state index contributed by atoms with van der Waals surface area (Å²) in [4.78, 5) is 7.78. The van der Waals surface area contributed by atoms with E-state index in [9.17, 15) is 0 Å². The molecule has 0 spiro atoms. The van der Waals surface area contributed by atoms with Crippen molar-refractivity contribution in [3.8, 4) is 0 Å². The third kappa shape index (κ3) is 7.62. The van der Waals surface area contributed by atoms with E-state index in [1.807, 2.05) is 36.4 Å². The van der Waals surface area contributed by atoms with Gasteiger partial charge in [-0.3, -0.25) is 0 Å². The SMILES string of the molecule is CCCC(/C=C/c1ccc(Cl)cc1)=N\OCCN(CC)CC. The van der Waals surface area contributed by atoms with Crippen molar-refractivity contribution in [3.05, 3.63) is 40.9 Å². The van der Waals surface area contributed by atoms with Crippen LogP contribution in [0, 0.1) is 0 Å². The van der Waals surface area contributed by atoms with Gasteiger partial charge in [0.25, 0.3) is 0 Å². The number of rotatable bonds is 10. The Morgan fingerprint density at radius 2 is 1.86 bits per heavy atom. The van der Waals surface area contributed by atoms with Crippen LogP contribution in [0.3, 0.4) is 0 Å². The predicted molar refractivity (Wildman–Crippen MR) is 96.6 cm³/mol. The third-order valence-corrected chi connectivity index (χ3v) is 3.67. The van der Waals surface area contributed by atoms with Crippen molar-refractivity contribution in [1.29, 1.82) is 0 Å². The zero-order chi connectivity index (χ0) is 16.2. The van der Waals surface area contributed by atoms with Gasteiger partial charge in [0.15, 0.2) is 0 Å². The van der Waals surface area contributed by atoms with E-state index in [1.165, 1.54) is 0 Å². The second kappa shape index (κ2) is 11.3. The molecule has 122 valence electrons. The van der Waals surface area contributed by atoms with Gasteiger partial charge >= 0.3 is 0 Å². The van der Waals surface area contributed by atoms with Crippen LogP contribution in [0.25, 0.3) is 6.08 Å². The molecule has 0 aliphatic carbocycles. The zero-order valence-corrected chi connectivity index (χ0v) is 14.6. The molecule has 4 heteroatoms. The van der Waals surface area contributed by atoms with Crippen molar-refractivity contribution in [2.45, 2.75) is 33.6 Å². The molecule has 1 aromatic rings. The first kappa shape index (κ1) is 18.7. The molecule has 0 unspecified atom stereocenters. The average Bonchev–Trinajstić information content (AvgIpc) is 2.54. The van der Waals surface area contributed by atoms with Crippen LogP contribution in [-0.2, 0) is 4.84 Å². The van der Waals surface area contributed by atoms with Gasteiger partial charge in [-0.25, -0.2) is 0 Å². The highest BCUT2D eigenvalue weighted by atomic mass is 35.5. The molecule has 22 heavy (non-hydrogen) atoms. The van der Waals surface area contributed by atoms with E-state index in [0.717, 1.165) is 48.8 Å². The Morgan fingerprint density at radius 1 is 1.18 bits per heavy atom. The standard InChI is InChI=1S/C18H27ClN2O/c1-4-7-18(20-22-15-14-21(5-2)6-3)13-10-16-8-11-17(19)12-9-16/h8-13H,4-7,14-15H2,1-3H3/b13-10+,20-18+. The van der Waals surface area contributed by atoms with Crippen molar-refractivity contribution in [1.82, 2.24) is 4.90 Å². The van der Waals surface area contributed by atoms with Crippen molar-refractivity contribution < 1.29 is 4.84 Å². The summed E-state index contributed by atoms with van der Waals surface area (Å²) in [6, 6.07) is 7.75. The number of allylic oxidation sites excluding steroid dienone is 1. The molecular formula is C18H27ClN2O. The van der Waals surface area contributed by atoms with Crippen LogP contribution >= 0.6 is 11.6 Å². The van der Waals surface area contributed by atoms with E-state index < -0.39 is 0 Å². The zero-order valence-electron chi connectivity index (χ0n) is 13.9. The molecule has 0 aliphatic rings. The Kier molecular flexibility index (Phi) is 9.60. The third-order valence-electron chi connectivity index (χ3n) is 3.42. The highest BCUT2D eigenvalue weighted by Gasteiger charge is 1.99. The minimum atomic E-state index is 0.629. The van der Waals surface area contributed by atoms with Gasteiger partial charge in [-0.15, -0.1) is 0 Å². The van der Waals surface area contributed by atoms with Gasteiger partial charge in [-0.1, -0.05) is 62.2 Å². The van der Waals surface area contributed by atoms with E-state index in [0.29, 0.717) is 6.61 Å². The summed E-state index contributed by atoms with van der Waals surface area (Å²) in [6.45, 7) is 10.1. The molecule has 1 aromatic carbocycles. The average molecular weight is 323 g/mol. The first-order valence-corrected chi connectivity index (χ1v) is 8.42. The lowest BCUT2D eigenvalue weighted by Crippen LogP contribution is -2.26. The molecule has 0 heterocycles. The Bertz CT molecular complexity index is 464. The smallest absolute Gasteiger partial charge is 0.129 e. The van der Waals surface area contributed by atoms with Crippen LogP contribution in [0.15, 0.2) is 35.5 Å². The maximum Gasteiger partial charge on any atom is 0.129 e. The molecule has 0 aliphatic heterocycles. The lowest BCUT2D eigenvalue weighted by Gasteiger charge is -2.16. The van der Waals surface area contributed by atoms with Gasteiger partial charge < -0.3 is 9.74 Å².